The van der Waals surface area contributed by atoms with E-state index in [1.54, 1.807) is 16.8 Å². The Morgan fingerprint density at radius 1 is 1.15 bits per heavy atom. The molecule has 6 rings (SSSR count). The van der Waals surface area contributed by atoms with Gasteiger partial charge in [-0.15, -0.1) is 0 Å². The number of aliphatic hydroxyl groups is 1. The van der Waals surface area contributed by atoms with Crippen LogP contribution >= 0.6 is 13.5 Å². The van der Waals surface area contributed by atoms with E-state index >= 15 is 0 Å². The zero-order valence-corrected chi connectivity index (χ0v) is 26.3. The van der Waals surface area contributed by atoms with Gasteiger partial charge in [0.15, 0.2) is 0 Å². The van der Waals surface area contributed by atoms with Gasteiger partial charge in [0, 0.05) is 62.2 Å². The molecule has 0 saturated carbocycles. The first-order chi connectivity index (χ1) is 20.6. The molecule has 2 saturated heterocycles. The largest absolute Gasteiger partial charge is 0.462 e. The number of hydrogen-bond acceptors (Lipinski definition) is 9. The number of amides is 1. The van der Waals surface area contributed by atoms with Crippen molar-refractivity contribution in [2.24, 2.45) is 0 Å². The maximum Gasteiger partial charge on any atom is 0.318 e. The van der Waals surface area contributed by atoms with E-state index in [9.17, 15) is 13.6 Å². The van der Waals surface area contributed by atoms with Gasteiger partial charge < -0.3 is 24.5 Å². The number of likely N-dealkylation sites (N-methyl/N-ethyl adjacent to an activating group) is 1. The number of hydrogen-bond donors (Lipinski definition) is 2. The number of benzene rings is 1. The second-order valence-electron chi connectivity index (χ2n) is 11.8. The molecule has 0 aliphatic carbocycles. The number of fused-ring (bicyclic) bond motifs is 2. The van der Waals surface area contributed by atoms with Crippen LogP contribution in [0.5, 0.6) is 6.01 Å². The van der Waals surface area contributed by atoms with Crippen molar-refractivity contribution in [3.05, 3.63) is 46.8 Å². The number of rotatable bonds is 7. The molecule has 2 aromatic heterocycles. The van der Waals surface area contributed by atoms with E-state index in [2.05, 4.69) is 39.9 Å². The highest BCUT2D eigenvalue weighted by atomic mass is 32.1. The Hall–Kier alpha value is -3.49. The molecule has 2 fully saturated rings. The monoisotopic (exact) mass is 662 g/mol. The van der Waals surface area contributed by atoms with Crippen LogP contribution in [0.1, 0.15) is 43.7 Å². The van der Waals surface area contributed by atoms with E-state index in [1.165, 1.54) is 23.3 Å². The number of nitrogens with one attached hydrogen (secondary N) is 1. The van der Waals surface area contributed by atoms with E-state index < -0.39 is 12.0 Å². The molecule has 254 valence electrons. The summed E-state index contributed by atoms with van der Waals surface area (Å²) in [7, 11) is 1.68. The van der Waals surface area contributed by atoms with Crippen LogP contribution in [0.25, 0.3) is 10.9 Å². The summed E-state index contributed by atoms with van der Waals surface area (Å²) in [6.45, 7) is 7.30. The summed E-state index contributed by atoms with van der Waals surface area (Å²) in [4.78, 5) is 30.0. The highest BCUT2D eigenvalue weighted by Crippen LogP contribution is 2.37. The Morgan fingerprint density at radius 3 is 2.57 bits per heavy atom. The Kier molecular flexibility index (Phi) is 12.0. The molecule has 1 aromatic carbocycles. The lowest BCUT2D eigenvalue weighted by Crippen LogP contribution is -2.49. The maximum atomic E-state index is 14.0. The van der Waals surface area contributed by atoms with E-state index in [-0.39, 0.29) is 66.4 Å². The number of aromatic amines is 1. The first-order valence-electron chi connectivity index (χ1n) is 14.7. The average molecular weight is 663 g/mol. The van der Waals surface area contributed by atoms with Gasteiger partial charge in [-0.3, -0.25) is 14.8 Å². The minimum atomic E-state index is -2.74. The van der Waals surface area contributed by atoms with E-state index in [0.717, 1.165) is 40.2 Å². The number of aryl methyl sites for hydroxylation is 1. The highest BCUT2D eigenvalue weighted by molar-refractivity contribution is 7.59. The Bertz CT molecular complexity index is 1540. The molecule has 5 heterocycles. The molecule has 3 aliphatic heterocycles. The number of piperazine rings is 1. The maximum absolute atomic E-state index is 14.0. The number of likely N-dealkylation sites (tertiary alicyclic amines) is 1. The number of carbonyl (C=O) groups excluding carboxylic acids is 1. The van der Waals surface area contributed by atoms with Crippen molar-refractivity contribution in [1.82, 2.24) is 30.0 Å². The number of nitrogens with zero attached hydrogens (tertiary/aromatic N) is 7. The number of alkyl halides is 2. The molecule has 2 N–H and O–H groups in total. The topological polar surface area (TPSA) is 114 Å². The number of anilines is 2. The van der Waals surface area contributed by atoms with Crippen LogP contribution in [0.15, 0.2) is 24.4 Å². The third kappa shape index (κ3) is 7.39. The molecule has 11 nitrogen and oxygen atoms in total. The van der Waals surface area contributed by atoms with Crippen LogP contribution < -0.4 is 14.5 Å². The fourth-order valence-corrected chi connectivity index (χ4v) is 6.43. The molecule has 0 radical (unpaired) electrons. The summed E-state index contributed by atoms with van der Waals surface area (Å²) in [5.41, 5.74) is 6.35. The molecule has 1 amide bonds. The first-order valence-corrected chi connectivity index (χ1v) is 14.7. The van der Waals surface area contributed by atoms with Crippen LogP contribution in [0.4, 0.5) is 20.3 Å². The predicted molar refractivity (Wildman–Crippen MR) is 183 cm³/mol. The Morgan fingerprint density at radius 2 is 1.89 bits per heavy atom. The minimum absolute atomic E-state index is 0. The second-order valence-corrected chi connectivity index (χ2v) is 11.8. The molecular formula is C32H48F2N8O3S. The fraction of sp³-hybridized carbons (Fsp3) is 0.562. The Labute approximate surface area is 277 Å². The lowest BCUT2D eigenvalue weighted by Gasteiger charge is -2.38. The van der Waals surface area contributed by atoms with Crippen molar-refractivity contribution >= 4 is 41.8 Å². The van der Waals surface area contributed by atoms with Crippen molar-refractivity contribution < 1.29 is 23.4 Å². The van der Waals surface area contributed by atoms with Gasteiger partial charge in [0.1, 0.15) is 12.4 Å². The zero-order chi connectivity index (χ0) is 30.3. The summed E-state index contributed by atoms with van der Waals surface area (Å²) in [6.07, 6.45) is 5.15. The molecule has 46 heavy (non-hydrogen) atoms. The highest BCUT2D eigenvalue weighted by Gasteiger charge is 2.43. The normalized spacial score (nSPS) is 19.4. The van der Waals surface area contributed by atoms with Crippen molar-refractivity contribution in [3.63, 3.8) is 0 Å². The summed E-state index contributed by atoms with van der Waals surface area (Å²) in [5, 5.41) is 17.4. The standard InChI is InChI=1S/C30H38F2N8O3.2CH4.H2S/c1-19-13-24-23(15-33-36-24)27(20(19)2)40-7-6-22-25(16-40)34-29(43-17-21-14-30(31,32)18-37(21)3)35-28(22)39-10-8-38(9-11-39)26(42)5-4-12-41;;;/h4-5,13,15,21,41H,6-12,14,16-18H2,1-3H3,(H,33,36);2*1H4;1H2/b5-4+;;;/t21-;;;/m0.../s1. The van der Waals surface area contributed by atoms with Gasteiger partial charge in [-0.25, -0.2) is 8.78 Å². The van der Waals surface area contributed by atoms with Gasteiger partial charge in [0.2, 0.25) is 5.91 Å². The van der Waals surface area contributed by atoms with Crippen molar-refractivity contribution in [3.8, 4) is 6.01 Å². The molecule has 3 aromatic rings. The molecule has 14 heteroatoms. The van der Waals surface area contributed by atoms with Crippen molar-refractivity contribution in [1.29, 1.82) is 0 Å². The SMILES string of the molecule is C.C.Cc1cc2[nH]ncc2c(N2CCc3c(nc(OC[C@@H]4CC(F)(F)CN4C)nc3N3CCN(C(=O)/C=C/CO)CC3)C2)c1C.S. The second kappa shape index (κ2) is 14.9. The lowest BCUT2D eigenvalue weighted by atomic mass is 9.99. The smallest absolute Gasteiger partial charge is 0.318 e. The quantitative estimate of drug-likeness (QED) is 0.365. The molecular weight excluding hydrogens is 614 g/mol. The number of halogens is 2. The fourth-order valence-electron chi connectivity index (χ4n) is 6.43. The summed E-state index contributed by atoms with van der Waals surface area (Å²) < 4.78 is 34.1. The van der Waals surface area contributed by atoms with Gasteiger partial charge in [-0.1, -0.05) is 20.9 Å². The summed E-state index contributed by atoms with van der Waals surface area (Å²) in [5.74, 6) is -2.09. The number of ether oxygens (including phenoxy) is 1. The molecule has 0 unspecified atom stereocenters. The van der Waals surface area contributed by atoms with Gasteiger partial charge in [0.25, 0.3) is 5.92 Å². The molecule has 1 atom stereocenters. The minimum Gasteiger partial charge on any atom is -0.462 e. The summed E-state index contributed by atoms with van der Waals surface area (Å²) in [6, 6.07) is 1.86. The number of carbonyl (C=O) groups is 1. The van der Waals surface area contributed by atoms with Gasteiger partial charge in [0.05, 0.1) is 42.8 Å². The average Bonchev–Trinajstić information content (AvgIpc) is 3.56. The Balaban J connectivity index is 0.00000192. The van der Waals surface area contributed by atoms with Crippen LogP contribution in [-0.2, 0) is 17.8 Å². The number of H-pyrrole nitrogens is 1. The molecule has 0 bridgehead atoms. The third-order valence-electron chi connectivity index (χ3n) is 8.87. The van der Waals surface area contributed by atoms with Gasteiger partial charge in [-0.2, -0.15) is 28.6 Å². The predicted octanol–water partition coefficient (Wildman–Crippen LogP) is 3.83. The van der Waals surface area contributed by atoms with E-state index in [0.29, 0.717) is 39.1 Å². The van der Waals surface area contributed by atoms with Crippen LogP contribution in [0, 0.1) is 13.8 Å². The molecule has 0 spiro atoms. The van der Waals surface area contributed by atoms with Crippen molar-refractivity contribution in [2.75, 3.05) is 69.3 Å². The van der Waals surface area contributed by atoms with E-state index in [4.69, 9.17) is 19.8 Å². The third-order valence-corrected chi connectivity index (χ3v) is 8.87. The van der Waals surface area contributed by atoms with Crippen LogP contribution in [0.3, 0.4) is 0 Å². The zero-order valence-electron chi connectivity index (χ0n) is 25.3. The number of aliphatic hydroxyl groups excluding tert-OH is 1. The van der Waals surface area contributed by atoms with Crippen LogP contribution in [0.2, 0.25) is 0 Å². The first kappa shape index (κ1) is 37.0. The van der Waals surface area contributed by atoms with Crippen molar-refractivity contribution in [2.45, 2.75) is 60.1 Å². The molecule has 3 aliphatic rings. The lowest BCUT2D eigenvalue weighted by molar-refractivity contribution is -0.126. The van der Waals surface area contributed by atoms with Gasteiger partial charge in [-0.05, 0) is 44.5 Å². The summed E-state index contributed by atoms with van der Waals surface area (Å²) >= 11 is 0. The number of aromatic nitrogens is 4. The van der Waals surface area contributed by atoms with Gasteiger partial charge >= 0.3 is 6.01 Å². The van der Waals surface area contributed by atoms with E-state index in [1.807, 2.05) is 6.20 Å². The van der Waals surface area contributed by atoms with Crippen LogP contribution in [-0.4, -0.2) is 112 Å².